The minimum atomic E-state index is -0.945. The summed E-state index contributed by atoms with van der Waals surface area (Å²) in [5, 5.41) is 15.4. The Morgan fingerprint density at radius 2 is 1.95 bits per heavy atom. The van der Waals surface area contributed by atoms with E-state index in [0.717, 1.165) is 0 Å². The van der Waals surface area contributed by atoms with Crippen LogP contribution in [0.15, 0.2) is 4.52 Å². The largest absolute Gasteiger partial charge is 0.481 e. The number of carbonyl (C=O) groups excluding carboxylic acids is 1. The zero-order chi connectivity index (χ0) is 14.8. The van der Waals surface area contributed by atoms with Gasteiger partial charge in [-0.15, -0.1) is 0 Å². The lowest BCUT2D eigenvalue weighted by Crippen LogP contribution is -2.45. The molecular weight excluding hydrogens is 248 g/mol. The van der Waals surface area contributed by atoms with E-state index in [1.165, 1.54) is 0 Å². The number of aryl methyl sites for hydroxylation is 2. The van der Waals surface area contributed by atoms with Crippen molar-refractivity contribution in [1.82, 2.24) is 10.5 Å². The van der Waals surface area contributed by atoms with Crippen LogP contribution in [0, 0.1) is 19.3 Å². The molecule has 0 spiro atoms. The fraction of sp³-hybridized carbons (Fsp3) is 0.615. The Balaban J connectivity index is 2.91. The van der Waals surface area contributed by atoms with Crippen molar-refractivity contribution in [3.8, 4) is 0 Å². The van der Waals surface area contributed by atoms with E-state index in [1.54, 1.807) is 13.8 Å². The molecule has 0 aliphatic rings. The molecule has 0 aromatic carbocycles. The fourth-order valence-electron chi connectivity index (χ4n) is 1.79. The number of aliphatic carboxylic acids is 1. The van der Waals surface area contributed by atoms with Gasteiger partial charge in [-0.1, -0.05) is 25.9 Å². The van der Waals surface area contributed by atoms with Gasteiger partial charge in [0.25, 0.3) is 5.91 Å². The van der Waals surface area contributed by atoms with Crippen LogP contribution in [0.4, 0.5) is 0 Å². The first-order valence-electron chi connectivity index (χ1n) is 6.08. The fourth-order valence-corrected chi connectivity index (χ4v) is 1.79. The molecule has 0 bridgehead atoms. The number of hydrogen-bond donors (Lipinski definition) is 2. The Kier molecular flexibility index (Phi) is 4.34. The summed E-state index contributed by atoms with van der Waals surface area (Å²) < 4.78 is 4.94. The average molecular weight is 268 g/mol. The normalized spacial score (nSPS) is 13.1. The second-order valence-electron chi connectivity index (χ2n) is 5.69. The van der Waals surface area contributed by atoms with Crippen LogP contribution in [0.25, 0.3) is 0 Å². The van der Waals surface area contributed by atoms with Crippen molar-refractivity contribution in [2.45, 2.75) is 47.1 Å². The van der Waals surface area contributed by atoms with Crippen molar-refractivity contribution >= 4 is 11.9 Å². The number of nitrogens with one attached hydrogen (secondary N) is 1. The monoisotopic (exact) mass is 268 g/mol. The second-order valence-corrected chi connectivity index (χ2v) is 5.69. The lowest BCUT2D eigenvalue weighted by molar-refractivity contribution is -0.138. The lowest BCUT2D eigenvalue weighted by Gasteiger charge is -2.30. The quantitative estimate of drug-likeness (QED) is 0.870. The molecule has 0 fully saturated rings. The van der Waals surface area contributed by atoms with E-state index in [9.17, 15) is 9.59 Å². The molecule has 0 radical (unpaired) electrons. The van der Waals surface area contributed by atoms with Crippen LogP contribution in [-0.4, -0.2) is 28.2 Å². The standard InChI is InChI=1S/C13H20N2O4/c1-7-11(8(2)19-15-7)12(18)14-9(6-10(16)17)13(3,4)5/h9H,6H2,1-5H3,(H,14,18)(H,16,17). The van der Waals surface area contributed by atoms with Crippen LogP contribution in [0.5, 0.6) is 0 Å². The Hall–Kier alpha value is -1.85. The van der Waals surface area contributed by atoms with Crippen LogP contribution in [0.1, 0.15) is 49.0 Å². The van der Waals surface area contributed by atoms with E-state index in [1.807, 2.05) is 20.8 Å². The molecule has 0 saturated carbocycles. The topological polar surface area (TPSA) is 92.4 Å². The minimum Gasteiger partial charge on any atom is -0.481 e. The van der Waals surface area contributed by atoms with Crippen molar-refractivity contribution in [3.63, 3.8) is 0 Å². The van der Waals surface area contributed by atoms with E-state index in [0.29, 0.717) is 17.0 Å². The molecule has 1 aromatic rings. The van der Waals surface area contributed by atoms with Crippen LogP contribution >= 0.6 is 0 Å². The molecule has 1 unspecified atom stereocenters. The maximum absolute atomic E-state index is 12.2. The Labute approximate surface area is 112 Å². The van der Waals surface area contributed by atoms with Gasteiger partial charge in [0.05, 0.1) is 12.1 Å². The van der Waals surface area contributed by atoms with E-state index in [2.05, 4.69) is 10.5 Å². The molecule has 1 amide bonds. The van der Waals surface area contributed by atoms with Gasteiger partial charge >= 0.3 is 5.97 Å². The van der Waals surface area contributed by atoms with Gasteiger partial charge < -0.3 is 14.9 Å². The summed E-state index contributed by atoms with van der Waals surface area (Å²) in [6, 6.07) is -0.466. The number of hydrogen-bond acceptors (Lipinski definition) is 4. The zero-order valence-corrected chi connectivity index (χ0v) is 11.9. The maximum atomic E-state index is 12.2. The van der Waals surface area contributed by atoms with Gasteiger partial charge in [0, 0.05) is 6.04 Å². The lowest BCUT2D eigenvalue weighted by atomic mass is 9.84. The molecule has 0 aliphatic heterocycles. The Bertz CT molecular complexity index is 466. The molecule has 0 saturated heterocycles. The molecule has 0 aliphatic carbocycles. The van der Waals surface area contributed by atoms with Crippen LogP contribution < -0.4 is 5.32 Å². The molecule has 1 aromatic heterocycles. The van der Waals surface area contributed by atoms with Gasteiger partial charge in [-0.2, -0.15) is 0 Å². The molecule has 1 atom stereocenters. The van der Waals surface area contributed by atoms with Gasteiger partial charge in [0.15, 0.2) is 0 Å². The third-order valence-electron chi connectivity index (χ3n) is 2.99. The Morgan fingerprint density at radius 3 is 2.32 bits per heavy atom. The number of carboxylic acid groups (broad SMARTS) is 1. The van der Waals surface area contributed by atoms with E-state index < -0.39 is 12.0 Å². The second kappa shape index (κ2) is 5.42. The van der Waals surface area contributed by atoms with Crippen LogP contribution in [0.2, 0.25) is 0 Å². The predicted molar refractivity (Wildman–Crippen MR) is 68.9 cm³/mol. The van der Waals surface area contributed by atoms with Gasteiger partial charge in [0.1, 0.15) is 11.3 Å². The van der Waals surface area contributed by atoms with Crippen molar-refractivity contribution in [2.75, 3.05) is 0 Å². The summed E-state index contributed by atoms with van der Waals surface area (Å²) >= 11 is 0. The van der Waals surface area contributed by atoms with Crippen molar-refractivity contribution in [3.05, 3.63) is 17.0 Å². The first-order chi connectivity index (χ1) is 8.62. The smallest absolute Gasteiger partial charge is 0.305 e. The van der Waals surface area contributed by atoms with E-state index in [4.69, 9.17) is 9.63 Å². The van der Waals surface area contributed by atoms with Gasteiger partial charge in [-0.05, 0) is 19.3 Å². The third-order valence-corrected chi connectivity index (χ3v) is 2.99. The number of aromatic nitrogens is 1. The summed E-state index contributed by atoms with van der Waals surface area (Å²) in [6.07, 6.45) is -0.126. The summed E-state index contributed by atoms with van der Waals surface area (Å²) in [6.45, 7) is 8.98. The van der Waals surface area contributed by atoms with E-state index >= 15 is 0 Å². The Morgan fingerprint density at radius 1 is 1.37 bits per heavy atom. The number of nitrogens with zero attached hydrogens (tertiary/aromatic N) is 1. The van der Waals surface area contributed by atoms with Crippen LogP contribution in [-0.2, 0) is 4.79 Å². The third kappa shape index (κ3) is 3.81. The molecule has 1 rings (SSSR count). The molecule has 2 N–H and O–H groups in total. The molecule has 6 nitrogen and oxygen atoms in total. The van der Waals surface area contributed by atoms with Gasteiger partial charge in [-0.25, -0.2) is 0 Å². The van der Waals surface area contributed by atoms with Crippen LogP contribution in [0.3, 0.4) is 0 Å². The molecule has 106 valence electrons. The summed E-state index contributed by atoms with van der Waals surface area (Å²) in [7, 11) is 0. The van der Waals surface area contributed by atoms with Crippen molar-refractivity contribution < 1.29 is 19.2 Å². The SMILES string of the molecule is Cc1noc(C)c1C(=O)NC(CC(=O)O)C(C)(C)C. The zero-order valence-electron chi connectivity index (χ0n) is 11.9. The highest BCUT2D eigenvalue weighted by molar-refractivity contribution is 5.96. The van der Waals surface area contributed by atoms with E-state index in [-0.39, 0.29) is 17.7 Å². The average Bonchev–Trinajstić information content (AvgIpc) is 2.55. The van der Waals surface area contributed by atoms with Gasteiger partial charge in [-0.3, -0.25) is 9.59 Å². The predicted octanol–water partition coefficient (Wildman–Crippen LogP) is 1.91. The highest BCUT2D eigenvalue weighted by Crippen LogP contribution is 2.23. The number of carboxylic acids is 1. The highest BCUT2D eigenvalue weighted by atomic mass is 16.5. The van der Waals surface area contributed by atoms with Crippen molar-refractivity contribution in [2.24, 2.45) is 5.41 Å². The molecule has 19 heavy (non-hydrogen) atoms. The number of amides is 1. The maximum Gasteiger partial charge on any atom is 0.305 e. The number of rotatable bonds is 4. The summed E-state index contributed by atoms with van der Waals surface area (Å²) in [5.74, 6) is -0.866. The summed E-state index contributed by atoms with van der Waals surface area (Å²) in [4.78, 5) is 23.1. The molecular formula is C13H20N2O4. The molecule has 1 heterocycles. The van der Waals surface area contributed by atoms with Crippen molar-refractivity contribution in [1.29, 1.82) is 0 Å². The number of carbonyl (C=O) groups is 2. The first kappa shape index (κ1) is 15.2. The molecule has 6 heteroatoms. The highest BCUT2D eigenvalue weighted by Gasteiger charge is 2.30. The van der Waals surface area contributed by atoms with Gasteiger partial charge in [0.2, 0.25) is 0 Å². The summed E-state index contributed by atoms with van der Waals surface area (Å²) in [5.41, 5.74) is 0.519. The first-order valence-corrected chi connectivity index (χ1v) is 6.08. The minimum absolute atomic E-state index is 0.126.